The lowest BCUT2D eigenvalue weighted by Crippen LogP contribution is -2.45. The molecular formula is C16H18O8. The molecule has 0 fully saturated rings. The van der Waals surface area contributed by atoms with Crippen molar-refractivity contribution in [2.75, 3.05) is 6.61 Å². The quantitative estimate of drug-likeness (QED) is 0.434. The van der Waals surface area contributed by atoms with E-state index in [0.29, 0.717) is 0 Å². The Morgan fingerprint density at radius 1 is 1.29 bits per heavy atom. The summed E-state index contributed by atoms with van der Waals surface area (Å²) < 4.78 is 9.75. The smallest absolute Gasteiger partial charge is 0.330 e. The number of carbonyl (C=O) groups excluding carboxylic acids is 2. The van der Waals surface area contributed by atoms with Crippen LogP contribution < -0.4 is 0 Å². The Hall–Kier alpha value is -2.87. The third-order valence-electron chi connectivity index (χ3n) is 3.24. The summed E-state index contributed by atoms with van der Waals surface area (Å²) in [4.78, 5) is 33.8. The molecule has 0 aromatic rings. The molecule has 0 saturated carbocycles. The van der Waals surface area contributed by atoms with Gasteiger partial charge in [0.05, 0.1) is 0 Å². The standard InChI is InChI=1S/C16H18O8/c1-3-13(18)23-9-11(24-14(19)4-2)8-16(22)7-10(17)5-6-12(16)15(20)21/h3-7,11-12,17,22H,1-2,8-9H2,(H,20,21). The van der Waals surface area contributed by atoms with Crippen molar-refractivity contribution in [2.24, 2.45) is 5.92 Å². The van der Waals surface area contributed by atoms with Crippen LogP contribution in [0.1, 0.15) is 6.42 Å². The Morgan fingerprint density at radius 3 is 2.46 bits per heavy atom. The van der Waals surface area contributed by atoms with Gasteiger partial charge in [0, 0.05) is 18.6 Å². The molecule has 3 atom stereocenters. The molecule has 0 saturated heterocycles. The number of carbonyl (C=O) groups is 3. The number of aliphatic carboxylic acids is 1. The van der Waals surface area contributed by atoms with Crippen molar-refractivity contribution in [3.63, 3.8) is 0 Å². The first-order valence-corrected chi connectivity index (χ1v) is 6.89. The largest absolute Gasteiger partial charge is 0.508 e. The minimum atomic E-state index is -2.04. The van der Waals surface area contributed by atoms with Crippen LogP contribution in [0.3, 0.4) is 0 Å². The summed E-state index contributed by atoms with van der Waals surface area (Å²) in [6.45, 7) is 6.01. The van der Waals surface area contributed by atoms with Crippen molar-refractivity contribution in [1.29, 1.82) is 0 Å². The van der Waals surface area contributed by atoms with Gasteiger partial charge in [-0.25, -0.2) is 9.59 Å². The van der Waals surface area contributed by atoms with E-state index in [1.54, 1.807) is 0 Å². The van der Waals surface area contributed by atoms with Crippen molar-refractivity contribution in [1.82, 2.24) is 0 Å². The van der Waals surface area contributed by atoms with E-state index in [-0.39, 0.29) is 5.76 Å². The number of hydrogen-bond acceptors (Lipinski definition) is 7. The minimum absolute atomic E-state index is 0.341. The highest BCUT2D eigenvalue weighted by atomic mass is 16.6. The maximum atomic E-state index is 11.4. The molecular weight excluding hydrogens is 320 g/mol. The zero-order chi connectivity index (χ0) is 18.3. The fraction of sp³-hybridized carbons (Fsp3) is 0.312. The number of ether oxygens (including phenoxy) is 2. The minimum Gasteiger partial charge on any atom is -0.508 e. The molecule has 3 N–H and O–H groups in total. The number of rotatable bonds is 8. The lowest BCUT2D eigenvalue weighted by atomic mass is 9.79. The first-order valence-electron chi connectivity index (χ1n) is 6.89. The van der Waals surface area contributed by atoms with E-state index in [4.69, 9.17) is 9.47 Å². The Balaban J connectivity index is 2.99. The Kier molecular flexibility index (Phi) is 6.48. The topological polar surface area (TPSA) is 130 Å². The lowest BCUT2D eigenvalue weighted by Gasteiger charge is -2.34. The van der Waals surface area contributed by atoms with Crippen LogP contribution in [0.15, 0.2) is 49.3 Å². The molecule has 0 aromatic carbocycles. The molecule has 1 aliphatic rings. The summed E-state index contributed by atoms with van der Waals surface area (Å²) in [7, 11) is 0. The lowest BCUT2D eigenvalue weighted by molar-refractivity contribution is -0.159. The van der Waals surface area contributed by atoms with Crippen molar-refractivity contribution in [3.8, 4) is 0 Å². The second-order valence-corrected chi connectivity index (χ2v) is 5.04. The van der Waals surface area contributed by atoms with Gasteiger partial charge in [-0.05, 0) is 12.2 Å². The average Bonchev–Trinajstić information content (AvgIpc) is 2.51. The van der Waals surface area contributed by atoms with Gasteiger partial charge in [-0.2, -0.15) is 0 Å². The van der Waals surface area contributed by atoms with Gasteiger partial charge in [-0.3, -0.25) is 4.79 Å². The Morgan fingerprint density at radius 2 is 1.92 bits per heavy atom. The van der Waals surface area contributed by atoms with Gasteiger partial charge in [-0.1, -0.05) is 19.2 Å². The van der Waals surface area contributed by atoms with E-state index in [1.807, 2.05) is 0 Å². The third-order valence-corrected chi connectivity index (χ3v) is 3.24. The number of esters is 2. The van der Waals surface area contributed by atoms with Crippen LogP contribution in [0.2, 0.25) is 0 Å². The summed E-state index contributed by atoms with van der Waals surface area (Å²) in [5, 5.41) is 29.4. The zero-order valence-corrected chi connectivity index (χ0v) is 12.8. The van der Waals surface area contributed by atoms with Crippen LogP contribution in [0.25, 0.3) is 0 Å². The normalized spacial score (nSPS) is 23.5. The number of aliphatic hydroxyl groups excluding tert-OH is 1. The molecule has 0 spiro atoms. The fourth-order valence-electron chi connectivity index (χ4n) is 2.18. The van der Waals surface area contributed by atoms with E-state index < -0.39 is 48.6 Å². The van der Waals surface area contributed by atoms with Crippen LogP contribution in [0.4, 0.5) is 0 Å². The predicted molar refractivity (Wildman–Crippen MR) is 81.8 cm³/mol. The van der Waals surface area contributed by atoms with Gasteiger partial charge < -0.3 is 24.8 Å². The molecule has 0 bridgehead atoms. The van der Waals surface area contributed by atoms with Crippen LogP contribution in [0.5, 0.6) is 0 Å². The molecule has 0 radical (unpaired) electrons. The van der Waals surface area contributed by atoms with Crippen molar-refractivity contribution < 1.29 is 39.2 Å². The molecule has 8 nitrogen and oxygen atoms in total. The Bertz CT molecular complexity index is 603. The van der Waals surface area contributed by atoms with Crippen LogP contribution in [-0.4, -0.2) is 51.5 Å². The highest BCUT2D eigenvalue weighted by molar-refractivity contribution is 5.82. The van der Waals surface area contributed by atoms with E-state index >= 15 is 0 Å². The van der Waals surface area contributed by atoms with E-state index in [1.165, 1.54) is 0 Å². The van der Waals surface area contributed by atoms with Crippen molar-refractivity contribution in [3.05, 3.63) is 49.3 Å². The van der Waals surface area contributed by atoms with E-state index in [0.717, 1.165) is 30.4 Å². The summed E-state index contributed by atoms with van der Waals surface area (Å²) in [6, 6.07) is 0. The average molecular weight is 338 g/mol. The Labute approximate surface area is 138 Å². The number of carboxylic acid groups (broad SMARTS) is 1. The van der Waals surface area contributed by atoms with E-state index in [2.05, 4.69) is 13.2 Å². The van der Waals surface area contributed by atoms with Crippen LogP contribution >= 0.6 is 0 Å². The first kappa shape index (κ1) is 19.2. The highest BCUT2D eigenvalue weighted by Gasteiger charge is 2.43. The van der Waals surface area contributed by atoms with Gasteiger partial charge in [0.1, 0.15) is 30.0 Å². The molecule has 0 aliphatic heterocycles. The molecule has 0 aromatic heterocycles. The molecule has 0 amide bonds. The van der Waals surface area contributed by atoms with Gasteiger partial charge in [0.2, 0.25) is 0 Å². The molecule has 3 unspecified atom stereocenters. The molecule has 24 heavy (non-hydrogen) atoms. The zero-order valence-electron chi connectivity index (χ0n) is 12.8. The second kappa shape index (κ2) is 8.11. The predicted octanol–water partition coefficient (Wildman–Crippen LogP) is 0.647. The van der Waals surface area contributed by atoms with Crippen molar-refractivity contribution >= 4 is 17.9 Å². The van der Waals surface area contributed by atoms with Gasteiger partial charge in [0.15, 0.2) is 0 Å². The number of carboxylic acids is 1. The van der Waals surface area contributed by atoms with Gasteiger partial charge in [-0.15, -0.1) is 0 Å². The summed E-state index contributed by atoms with van der Waals surface area (Å²) >= 11 is 0. The first-order chi connectivity index (χ1) is 11.2. The summed E-state index contributed by atoms with van der Waals surface area (Å²) in [5.41, 5.74) is -2.04. The highest BCUT2D eigenvalue weighted by Crippen LogP contribution is 2.32. The van der Waals surface area contributed by atoms with Crippen molar-refractivity contribution in [2.45, 2.75) is 18.1 Å². The maximum absolute atomic E-state index is 11.4. The third kappa shape index (κ3) is 5.10. The van der Waals surface area contributed by atoms with Gasteiger partial charge >= 0.3 is 17.9 Å². The SMILES string of the molecule is C=CC(=O)OCC(CC1(O)C=C(O)C=CC1C(=O)O)OC(=O)C=C. The van der Waals surface area contributed by atoms with Gasteiger partial charge in [0.25, 0.3) is 0 Å². The summed E-state index contributed by atoms with van der Waals surface area (Å²) in [6.07, 6.45) is 3.36. The van der Waals surface area contributed by atoms with Crippen LogP contribution in [0, 0.1) is 5.92 Å². The van der Waals surface area contributed by atoms with Crippen LogP contribution in [-0.2, 0) is 23.9 Å². The summed E-state index contributed by atoms with van der Waals surface area (Å²) in [5.74, 6) is -4.68. The second-order valence-electron chi connectivity index (χ2n) is 5.04. The maximum Gasteiger partial charge on any atom is 0.330 e. The molecule has 1 rings (SSSR count). The monoisotopic (exact) mass is 338 g/mol. The number of hydrogen-bond donors (Lipinski definition) is 3. The molecule has 8 heteroatoms. The van der Waals surface area contributed by atoms with E-state index in [9.17, 15) is 29.7 Å². The molecule has 130 valence electrons. The number of allylic oxidation sites excluding steroid dienone is 1. The number of aliphatic hydroxyl groups is 2. The molecule has 0 heterocycles. The fourth-order valence-corrected chi connectivity index (χ4v) is 2.18. The molecule has 1 aliphatic carbocycles.